The molecule has 0 spiro atoms. The zero-order chi connectivity index (χ0) is 14.1. The van der Waals surface area contributed by atoms with Gasteiger partial charge in [-0.25, -0.2) is 4.79 Å². The number of carbonyl (C=O) groups excluding carboxylic acids is 1. The van der Waals surface area contributed by atoms with Crippen LogP contribution in [-0.4, -0.2) is 35.0 Å². The Kier molecular flexibility index (Phi) is 3.47. The standard InChI is InChI=1S/C16H19NO3/c18-15(13-3-1-2-4-14(13)16(19)20)17(9-11-5-6-11)10-12-7-8-12/h1-4,11-12H,5-10H2,(H,19,20). The number of amides is 1. The Balaban J connectivity index is 1.81. The van der Waals surface area contributed by atoms with Crippen molar-refractivity contribution in [3.63, 3.8) is 0 Å². The van der Waals surface area contributed by atoms with Crippen LogP contribution in [-0.2, 0) is 0 Å². The number of hydrogen-bond donors (Lipinski definition) is 1. The summed E-state index contributed by atoms with van der Waals surface area (Å²) < 4.78 is 0. The number of nitrogens with zero attached hydrogens (tertiary/aromatic N) is 1. The third-order valence-corrected chi connectivity index (χ3v) is 4.03. The Morgan fingerprint density at radius 2 is 1.50 bits per heavy atom. The monoisotopic (exact) mass is 273 g/mol. The topological polar surface area (TPSA) is 57.6 Å². The summed E-state index contributed by atoms with van der Waals surface area (Å²) in [5, 5.41) is 9.21. The lowest BCUT2D eigenvalue weighted by Crippen LogP contribution is -2.35. The van der Waals surface area contributed by atoms with Crippen LogP contribution in [0.3, 0.4) is 0 Å². The molecule has 1 amide bonds. The van der Waals surface area contributed by atoms with E-state index in [2.05, 4.69) is 0 Å². The first-order valence-corrected chi connectivity index (χ1v) is 7.26. The van der Waals surface area contributed by atoms with Gasteiger partial charge in [-0.05, 0) is 49.7 Å². The highest BCUT2D eigenvalue weighted by Gasteiger charge is 2.32. The molecule has 0 heterocycles. The van der Waals surface area contributed by atoms with Gasteiger partial charge in [0.2, 0.25) is 0 Å². The zero-order valence-electron chi connectivity index (χ0n) is 11.4. The second-order valence-electron chi connectivity index (χ2n) is 5.95. The van der Waals surface area contributed by atoms with Gasteiger partial charge in [0.25, 0.3) is 5.91 Å². The van der Waals surface area contributed by atoms with E-state index >= 15 is 0 Å². The van der Waals surface area contributed by atoms with Crippen molar-refractivity contribution in [1.82, 2.24) is 4.90 Å². The molecular formula is C16H19NO3. The number of aromatic carboxylic acids is 1. The number of carboxylic acids is 1. The average molecular weight is 273 g/mol. The van der Waals surface area contributed by atoms with Crippen molar-refractivity contribution in [3.8, 4) is 0 Å². The largest absolute Gasteiger partial charge is 0.478 e. The van der Waals surface area contributed by atoms with Gasteiger partial charge in [0.05, 0.1) is 11.1 Å². The minimum atomic E-state index is -1.04. The van der Waals surface area contributed by atoms with E-state index in [1.807, 2.05) is 4.90 Å². The summed E-state index contributed by atoms with van der Waals surface area (Å²) >= 11 is 0. The lowest BCUT2D eigenvalue weighted by molar-refractivity contribution is 0.0671. The van der Waals surface area contributed by atoms with Gasteiger partial charge < -0.3 is 10.0 Å². The molecule has 2 saturated carbocycles. The maximum absolute atomic E-state index is 12.7. The fraction of sp³-hybridized carbons (Fsp3) is 0.500. The summed E-state index contributed by atoms with van der Waals surface area (Å²) in [6, 6.07) is 6.51. The highest BCUT2D eigenvalue weighted by Crippen LogP contribution is 2.34. The van der Waals surface area contributed by atoms with Crippen molar-refractivity contribution in [2.45, 2.75) is 25.7 Å². The van der Waals surface area contributed by atoms with E-state index in [1.54, 1.807) is 18.2 Å². The fourth-order valence-electron chi connectivity index (χ4n) is 2.49. The van der Waals surface area contributed by atoms with Crippen molar-refractivity contribution < 1.29 is 14.7 Å². The first kappa shape index (κ1) is 13.2. The molecule has 0 saturated heterocycles. The quantitative estimate of drug-likeness (QED) is 0.866. The van der Waals surface area contributed by atoms with Crippen molar-refractivity contribution in [2.75, 3.05) is 13.1 Å². The predicted molar refractivity (Wildman–Crippen MR) is 74.8 cm³/mol. The summed E-state index contributed by atoms with van der Waals surface area (Å²) in [6.45, 7) is 1.56. The van der Waals surface area contributed by atoms with Crippen LogP contribution in [0.1, 0.15) is 46.4 Å². The van der Waals surface area contributed by atoms with Gasteiger partial charge in [0.15, 0.2) is 0 Å². The van der Waals surface area contributed by atoms with E-state index in [0.717, 1.165) is 13.1 Å². The summed E-state index contributed by atoms with van der Waals surface area (Å²) in [4.78, 5) is 25.8. The Bertz CT molecular complexity index is 518. The molecule has 4 nitrogen and oxygen atoms in total. The van der Waals surface area contributed by atoms with Gasteiger partial charge in [-0.15, -0.1) is 0 Å². The predicted octanol–water partition coefficient (Wildman–Crippen LogP) is 2.65. The molecule has 0 bridgehead atoms. The number of rotatable bonds is 6. The van der Waals surface area contributed by atoms with Crippen LogP contribution < -0.4 is 0 Å². The molecule has 0 aromatic heterocycles. The summed E-state index contributed by atoms with van der Waals surface area (Å²) in [6.07, 6.45) is 4.76. The highest BCUT2D eigenvalue weighted by atomic mass is 16.4. The molecule has 3 rings (SSSR count). The smallest absolute Gasteiger partial charge is 0.336 e. The molecule has 2 aliphatic rings. The summed E-state index contributed by atoms with van der Waals surface area (Å²) in [7, 11) is 0. The molecule has 2 aliphatic carbocycles. The van der Waals surface area contributed by atoms with Crippen molar-refractivity contribution in [2.24, 2.45) is 11.8 Å². The lowest BCUT2D eigenvalue weighted by Gasteiger charge is -2.23. The number of hydrogen-bond acceptors (Lipinski definition) is 2. The summed E-state index contributed by atoms with van der Waals surface area (Å²) in [5.74, 6) is 0.0814. The Hall–Kier alpha value is -1.84. The molecular weight excluding hydrogens is 254 g/mol. The Morgan fingerprint density at radius 3 is 1.95 bits per heavy atom. The average Bonchev–Trinajstić information content (AvgIpc) is 3.32. The Labute approximate surface area is 118 Å². The van der Waals surface area contributed by atoms with Crippen LogP contribution in [0.25, 0.3) is 0 Å². The number of benzene rings is 1. The van der Waals surface area contributed by atoms with Crippen molar-refractivity contribution in [3.05, 3.63) is 35.4 Å². The third-order valence-electron chi connectivity index (χ3n) is 4.03. The Morgan fingerprint density at radius 1 is 1.00 bits per heavy atom. The van der Waals surface area contributed by atoms with E-state index in [-0.39, 0.29) is 11.5 Å². The van der Waals surface area contributed by atoms with E-state index in [9.17, 15) is 14.7 Å². The van der Waals surface area contributed by atoms with E-state index in [0.29, 0.717) is 17.4 Å². The number of carboxylic acid groups (broad SMARTS) is 1. The van der Waals surface area contributed by atoms with Crippen LogP contribution >= 0.6 is 0 Å². The first-order chi connectivity index (χ1) is 9.65. The molecule has 1 aromatic carbocycles. The maximum Gasteiger partial charge on any atom is 0.336 e. The zero-order valence-corrected chi connectivity index (χ0v) is 11.4. The van der Waals surface area contributed by atoms with Crippen LogP contribution in [0.15, 0.2) is 24.3 Å². The molecule has 4 heteroatoms. The molecule has 2 fully saturated rings. The fourth-order valence-corrected chi connectivity index (χ4v) is 2.49. The van der Waals surface area contributed by atoms with Gasteiger partial charge in [0.1, 0.15) is 0 Å². The molecule has 0 atom stereocenters. The molecule has 0 radical (unpaired) electrons. The van der Waals surface area contributed by atoms with Crippen LogP contribution in [0.4, 0.5) is 0 Å². The maximum atomic E-state index is 12.7. The minimum absolute atomic E-state index is 0.106. The number of carbonyl (C=O) groups is 2. The van der Waals surface area contributed by atoms with E-state index in [4.69, 9.17) is 0 Å². The van der Waals surface area contributed by atoms with Crippen molar-refractivity contribution >= 4 is 11.9 Å². The van der Waals surface area contributed by atoms with Gasteiger partial charge >= 0.3 is 5.97 Å². The third kappa shape index (κ3) is 3.00. The van der Waals surface area contributed by atoms with E-state index < -0.39 is 5.97 Å². The first-order valence-electron chi connectivity index (χ1n) is 7.26. The minimum Gasteiger partial charge on any atom is -0.478 e. The second-order valence-corrected chi connectivity index (χ2v) is 5.95. The molecule has 106 valence electrons. The van der Waals surface area contributed by atoms with Crippen molar-refractivity contribution in [1.29, 1.82) is 0 Å². The highest BCUT2D eigenvalue weighted by molar-refractivity contribution is 6.04. The molecule has 20 heavy (non-hydrogen) atoms. The molecule has 1 aromatic rings. The van der Waals surface area contributed by atoms with Gasteiger partial charge in [0, 0.05) is 13.1 Å². The molecule has 1 N–H and O–H groups in total. The SMILES string of the molecule is O=C(O)c1ccccc1C(=O)N(CC1CC1)CC1CC1. The van der Waals surface area contributed by atoms with Gasteiger partial charge in [-0.1, -0.05) is 12.1 Å². The normalized spacial score (nSPS) is 17.8. The van der Waals surface area contributed by atoms with Gasteiger partial charge in [-0.3, -0.25) is 4.79 Å². The van der Waals surface area contributed by atoms with Crippen LogP contribution in [0, 0.1) is 11.8 Å². The molecule has 0 aliphatic heterocycles. The van der Waals surface area contributed by atoms with Gasteiger partial charge in [-0.2, -0.15) is 0 Å². The van der Waals surface area contributed by atoms with E-state index in [1.165, 1.54) is 31.7 Å². The second kappa shape index (κ2) is 5.27. The molecule has 0 unspecified atom stereocenters. The summed E-state index contributed by atoms with van der Waals surface area (Å²) in [5.41, 5.74) is 0.426. The lowest BCUT2D eigenvalue weighted by atomic mass is 10.1. The van der Waals surface area contributed by atoms with Crippen LogP contribution in [0.2, 0.25) is 0 Å². The van der Waals surface area contributed by atoms with Crippen LogP contribution in [0.5, 0.6) is 0 Å².